The summed E-state index contributed by atoms with van der Waals surface area (Å²) >= 11 is 0. The number of rotatable bonds is 1. The van der Waals surface area contributed by atoms with Crippen molar-refractivity contribution < 1.29 is 4.39 Å². The summed E-state index contributed by atoms with van der Waals surface area (Å²) < 4.78 is 13.0. The molecule has 0 aromatic heterocycles. The summed E-state index contributed by atoms with van der Waals surface area (Å²) in [7, 11) is 0. The third-order valence-electron chi connectivity index (χ3n) is 2.33. The highest BCUT2D eigenvalue weighted by atomic mass is 19.1. The predicted molar refractivity (Wildman–Crippen MR) is 43.1 cm³/mol. The number of hydrogen-bond acceptors (Lipinski definition) is 0. The van der Waals surface area contributed by atoms with Crippen LogP contribution in [-0.4, -0.2) is 0 Å². The van der Waals surface area contributed by atoms with Gasteiger partial charge >= 0.3 is 0 Å². The van der Waals surface area contributed by atoms with Crippen molar-refractivity contribution in [3.63, 3.8) is 0 Å². The number of halogens is 1. The molecule has 0 atom stereocenters. The van der Waals surface area contributed by atoms with E-state index in [0.29, 0.717) is 5.92 Å². The monoisotopic (exact) mass is 150 g/mol. The van der Waals surface area contributed by atoms with Crippen LogP contribution in [0.15, 0.2) is 18.2 Å². The van der Waals surface area contributed by atoms with E-state index in [1.807, 2.05) is 13.0 Å². The van der Waals surface area contributed by atoms with E-state index in [0.717, 1.165) is 5.56 Å². The SMILES string of the molecule is Cc1c(F)cccc1C1CC1. The molecule has 0 saturated heterocycles. The molecule has 0 unspecified atom stereocenters. The highest BCUT2D eigenvalue weighted by Crippen LogP contribution is 2.41. The number of benzene rings is 1. The smallest absolute Gasteiger partial charge is 0.126 e. The lowest BCUT2D eigenvalue weighted by molar-refractivity contribution is 0.615. The van der Waals surface area contributed by atoms with E-state index in [1.165, 1.54) is 24.5 Å². The van der Waals surface area contributed by atoms with Gasteiger partial charge < -0.3 is 0 Å². The fourth-order valence-electron chi connectivity index (χ4n) is 1.46. The first-order chi connectivity index (χ1) is 5.29. The Morgan fingerprint density at radius 2 is 2.09 bits per heavy atom. The Morgan fingerprint density at radius 3 is 2.73 bits per heavy atom. The zero-order valence-electron chi connectivity index (χ0n) is 6.60. The largest absolute Gasteiger partial charge is 0.207 e. The maximum Gasteiger partial charge on any atom is 0.126 e. The summed E-state index contributed by atoms with van der Waals surface area (Å²) in [5, 5.41) is 0. The van der Waals surface area contributed by atoms with Gasteiger partial charge in [0.2, 0.25) is 0 Å². The van der Waals surface area contributed by atoms with Crippen LogP contribution in [0.3, 0.4) is 0 Å². The highest BCUT2D eigenvalue weighted by Gasteiger charge is 2.25. The predicted octanol–water partition coefficient (Wildman–Crippen LogP) is 3.01. The van der Waals surface area contributed by atoms with Crippen LogP contribution in [0.25, 0.3) is 0 Å². The Balaban J connectivity index is 2.45. The van der Waals surface area contributed by atoms with Crippen molar-refractivity contribution in [1.29, 1.82) is 0 Å². The second-order valence-electron chi connectivity index (χ2n) is 3.23. The zero-order chi connectivity index (χ0) is 7.84. The van der Waals surface area contributed by atoms with Crippen molar-refractivity contribution in [2.24, 2.45) is 0 Å². The molecule has 1 heteroatoms. The molecule has 1 saturated carbocycles. The van der Waals surface area contributed by atoms with E-state index < -0.39 is 0 Å². The molecular weight excluding hydrogens is 139 g/mol. The molecule has 0 aliphatic heterocycles. The van der Waals surface area contributed by atoms with Crippen LogP contribution in [-0.2, 0) is 0 Å². The second kappa shape index (κ2) is 2.33. The van der Waals surface area contributed by atoms with Gasteiger partial charge in [0.1, 0.15) is 5.82 Å². The molecule has 2 rings (SSSR count). The zero-order valence-corrected chi connectivity index (χ0v) is 6.60. The molecule has 1 fully saturated rings. The Labute approximate surface area is 66.1 Å². The van der Waals surface area contributed by atoms with E-state index in [2.05, 4.69) is 0 Å². The molecule has 1 aromatic rings. The topological polar surface area (TPSA) is 0 Å². The molecule has 0 spiro atoms. The molecule has 0 amide bonds. The van der Waals surface area contributed by atoms with Gasteiger partial charge in [-0.1, -0.05) is 12.1 Å². The average molecular weight is 150 g/mol. The molecule has 0 N–H and O–H groups in total. The molecule has 58 valence electrons. The fourth-order valence-corrected chi connectivity index (χ4v) is 1.46. The van der Waals surface area contributed by atoms with E-state index in [1.54, 1.807) is 6.07 Å². The minimum Gasteiger partial charge on any atom is -0.207 e. The molecule has 0 nitrogen and oxygen atoms in total. The molecule has 1 aromatic carbocycles. The van der Waals surface area contributed by atoms with Gasteiger partial charge in [0.05, 0.1) is 0 Å². The van der Waals surface area contributed by atoms with Gasteiger partial charge in [0.15, 0.2) is 0 Å². The maximum atomic E-state index is 13.0. The van der Waals surface area contributed by atoms with E-state index in [9.17, 15) is 4.39 Å². The summed E-state index contributed by atoms with van der Waals surface area (Å²) in [6.45, 7) is 1.86. The first kappa shape index (κ1) is 6.84. The average Bonchev–Trinajstić information content (AvgIpc) is 2.77. The Kier molecular flexibility index (Phi) is 1.45. The molecule has 1 aliphatic carbocycles. The van der Waals surface area contributed by atoms with Gasteiger partial charge in [-0.15, -0.1) is 0 Å². The van der Waals surface area contributed by atoms with Crippen LogP contribution >= 0.6 is 0 Å². The van der Waals surface area contributed by atoms with Crippen LogP contribution in [0.1, 0.15) is 29.9 Å². The van der Waals surface area contributed by atoms with Crippen LogP contribution < -0.4 is 0 Å². The summed E-state index contributed by atoms with van der Waals surface area (Å²) in [6, 6.07) is 5.37. The number of hydrogen-bond donors (Lipinski definition) is 0. The van der Waals surface area contributed by atoms with E-state index >= 15 is 0 Å². The van der Waals surface area contributed by atoms with E-state index in [-0.39, 0.29) is 5.82 Å². The lowest BCUT2D eigenvalue weighted by Crippen LogP contribution is -1.89. The summed E-state index contributed by atoms with van der Waals surface area (Å²) in [5.74, 6) is 0.597. The van der Waals surface area contributed by atoms with Gasteiger partial charge in [-0.3, -0.25) is 0 Å². The van der Waals surface area contributed by atoms with Crippen LogP contribution in [0.2, 0.25) is 0 Å². The summed E-state index contributed by atoms with van der Waals surface area (Å²) in [4.78, 5) is 0. The summed E-state index contributed by atoms with van der Waals surface area (Å²) in [6.07, 6.45) is 2.48. The maximum absolute atomic E-state index is 13.0. The van der Waals surface area contributed by atoms with Crippen LogP contribution in [0.5, 0.6) is 0 Å². The van der Waals surface area contributed by atoms with Gasteiger partial charge in [0.25, 0.3) is 0 Å². The van der Waals surface area contributed by atoms with Gasteiger partial charge in [0, 0.05) is 0 Å². The lowest BCUT2D eigenvalue weighted by atomic mass is 10.0. The summed E-state index contributed by atoms with van der Waals surface area (Å²) in [5.41, 5.74) is 2.06. The van der Waals surface area contributed by atoms with Crippen molar-refractivity contribution in [2.75, 3.05) is 0 Å². The van der Waals surface area contributed by atoms with Gasteiger partial charge in [-0.2, -0.15) is 0 Å². The van der Waals surface area contributed by atoms with Crippen molar-refractivity contribution in [3.05, 3.63) is 35.1 Å². The second-order valence-corrected chi connectivity index (χ2v) is 3.23. The Bertz CT molecular complexity index is 274. The molecular formula is C10H11F. The van der Waals surface area contributed by atoms with Crippen molar-refractivity contribution in [3.8, 4) is 0 Å². The first-order valence-corrected chi connectivity index (χ1v) is 4.04. The minimum atomic E-state index is -0.0607. The fraction of sp³-hybridized carbons (Fsp3) is 0.400. The molecule has 0 heterocycles. The third kappa shape index (κ3) is 1.15. The Morgan fingerprint density at radius 1 is 1.36 bits per heavy atom. The van der Waals surface area contributed by atoms with Crippen LogP contribution in [0, 0.1) is 12.7 Å². The van der Waals surface area contributed by atoms with Crippen molar-refractivity contribution in [2.45, 2.75) is 25.7 Å². The van der Waals surface area contributed by atoms with Crippen LogP contribution in [0.4, 0.5) is 4.39 Å². The first-order valence-electron chi connectivity index (χ1n) is 4.04. The van der Waals surface area contributed by atoms with E-state index in [4.69, 9.17) is 0 Å². The minimum absolute atomic E-state index is 0.0607. The standard InChI is InChI=1S/C10H11F/c1-7-9(8-5-6-8)3-2-4-10(7)11/h2-4,8H,5-6H2,1H3. The molecule has 11 heavy (non-hydrogen) atoms. The Hall–Kier alpha value is -0.850. The molecule has 0 bridgehead atoms. The lowest BCUT2D eigenvalue weighted by Gasteiger charge is -2.03. The molecule has 1 aliphatic rings. The van der Waals surface area contributed by atoms with Crippen molar-refractivity contribution >= 4 is 0 Å². The van der Waals surface area contributed by atoms with Gasteiger partial charge in [-0.05, 0) is 42.9 Å². The van der Waals surface area contributed by atoms with Crippen molar-refractivity contribution in [1.82, 2.24) is 0 Å². The highest BCUT2D eigenvalue weighted by molar-refractivity contribution is 5.33. The quantitative estimate of drug-likeness (QED) is 0.577. The normalized spacial score (nSPS) is 16.9. The molecule has 0 radical (unpaired) electrons. The van der Waals surface area contributed by atoms with Gasteiger partial charge in [-0.25, -0.2) is 4.39 Å². The third-order valence-corrected chi connectivity index (χ3v) is 2.33.